The van der Waals surface area contributed by atoms with E-state index in [1.165, 1.54) is 4.68 Å². The molecule has 156 valence electrons. The zero-order chi connectivity index (χ0) is 21.9. The average molecular weight is 423 g/mol. The van der Waals surface area contributed by atoms with Crippen molar-refractivity contribution in [3.05, 3.63) is 113 Å². The summed E-state index contributed by atoms with van der Waals surface area (Å²) < 4.78 is 12.3. The first-order valence-electron chi connectivity index (χ1n) is 9.95. The molecule has 0 aliphatic rings. The molecule has 0 amide bonds. The van der Waals surface area contributed by atoms with E-state index in [9.17, 15) is 9.59 Å². The lowest BCUT2D eigenvalue weighted by Crippen LogP contribution is -2.25. The second-order valence-corrected chi connectivity index (χ2v) is 7.01. The van der Waals surface area contributed by atoms with Gasteiger partial charge in [-0.15, -0.1) is 0 Å². The molecule has 7 nitrogen and oxygen atoms in total. The number of hydrogen-bond donors (Lipinski definition) is 0. The summed E-state index contributed by atoms with van der Waals surface area (Å²) in [6.07, 6.45) is 1.59. The van der Waals surface area contributed by atoms with Crippen molar-refractivity contribution in [2.75, 3.05) is 0 Å². The molecule has 2 aromatic heterocycles. The Kier molecular flexibility index (Phi) is 5.05. The van der Waals surface area contributed by atoms with Gasteiger partial charge in [0.15, 0.2) is 18.1 Å². The lowest BCUT2D eigenvalue weighted by molar-refractivity contribution is 0.0432. The third-order valence-electron chi connectivity index (χ3n) is 4.94. The Labute approximate surface area is 182 Å². The summed E-state index contributed by atoms with van der Waals surface area (Å²) in [5.41, 5.74) is 1.15. The van der Waals surface area contributed by atoms with Crippen LogP contribution >= 0.6 is 0 Å². The third kappa shape index (κ3) is 3.67. The molecule has 7 heteroatoms. The molecule has 2 heterocycles. The topological polar surface area (TPSA) is 87.2 Å². The summed E-state index contributed by atoms with van der Waals surface area (Å²) in [5, 5.41) is 5.11. The molecule has 32 heavy (non-hydrogen) atoms. The third-order valence-corrected chi connectivity index (χ3v) is 4.94. The summed E-state index contributed by atoms with van der Waals surface area (Å²) in [4.78, 5) is 30.1. The SMILES string of the molecule is O=C(OCc1ncc(-c2ccccc2)o1)c1nn(-c2ccccc2)c(=O)c2ccccc12. The molecule has 0 spiro atoms. The van der Waals surface area contributed by atoms with E-state index in [1.807, 2.05) is 36.4 Å². The summed E-state index contributed by atoms with van der Waals surface area (Å²) in [6.45, 7) is -0.161. The number of rotatable bonds is 5. The molecular formula is C25H17N3O4. The molecule has 0 N–H and O–H groups in total. The number of ether oxygens (including phenoxy) is 1. The van der Waals surface area contributed by atoms with Gasteiger partial charge in [0.05, 0.1) is 17.3 Å². The maximum atomic E-state index is 12.9. The standard InChI is InChI=1S/C25H17N3O4/c29-24-20-14-8-7-13-19(20)23(27-28(24)18-11-5-2-6-12-18)25(30)31-16-22-26-15-21(32-22)17-9-3-1-4-10-17/h1-15H,16H2. The Balaban J connectivity index is 1.46. The Hall–Kier alpha value is -4.52. The lowest BCUT2D eigenvalue weighted by Gasteiger charge is -2.10. The van der Waals surface area contributed by atoms with E-state index in [4.69, 9.17) is 9.15 Å². The largest absolute Gasteiger partial charge is 0.451 e. The number of carbonyl (C=O) groups is 1. The Morgan fingerprint density at radius 1 is 0.875 bits per heavy atom. The van der Waals surface area contributed by atoms with Crippen molar-refractivity contribution >= 4 is 16.7 Å². The Morgan fingerprint density at radius 3 is 2.28 bits per heavy atom. The van der Waals surface area contributed by atoms with Crippen molar-refractivity contribution in [2.45, 2.75) is 6.61 Å². The number of fused-ring (bicyclic) bond motifs is 1. The highest BCUT2D eigenvalue weighted by atomic mass is 16.5. The first-order valence-corrected chi connectivity index (χ1v) is 9.95. The fourth-order valence-electron chi connectivity index (χ4n) is 3.39. The summed E-state index contributed by atoms with van der Waals surface area (Å²) in [6, 6.07) is 25.3. The van der Waals surface area contributed by atoms with Gasteiger partial charge in [-0.25, -0.2) is 9.78 Å². The van der Waals surface area contributed by atoms with E-state index in [-0.39, 0.29) is 23.8 Å². The monoisotopic (exact) mass is 423 g/mol. The zero-order valence-electron chi connectivity index (χ0n) is 16.8. The maximum absolute atomic E-state index is 12.9. The molecule has 5 aromatic rings. The number of carbonyl (C=O) groups excluding carboxylic acids is 1. The lowest BCUT2D eigenvalue weighted by atomic mass is 10.1. The fraction of sp³-hybridized carbons (Fsp3) is 0.0400. The van der Waals surface area contributed by atoms with Crippen molar-refractivity contribution in [3.63, 3.8) is 0 Å². The Morgan fingerprint density at radius 2 is 1.53 bits per heavy atom. The number of para-hydroxylation sites is 1. The van der Waals surface area contributed by atoms with Crippen molar-refractivity contribution in [1.82, 2.24) is 14.8 Å². The molecule has 0 saturated heterocycles. The molecular weight excluding hydrogens is 406 g/mol. The maximum Gasteiger partial charge on any atom is 0.359 e. The van der Waals surface area contributed by atoms with Gasteiger partial charge in [-0.3, -0.25) is 4.79 Å². The van der Waals surface area contributed by atoms with Gasteiger partial charge in [0.1, 0.15) is 0 Å². The molecule has 0 unspecified atom stereocenters. The summed E-state index contributed by atoms with van der Waals surface area (Å²) in [7, 11) is 0. The van der Waals surface area contributed by atoms with Gasteiger partial charge in [0.25, 0.3) is 5.56 Å². The second-order valence-electron chi connectivity index (χ2n) is 7.01. The first-order chi connectivity index (χ1) is 15.7. The molecule has 0 bridgehead atoms. The van der Waals surface area contributed by atoms with Crippen molar-refractivity contribution < 1.29 is 13.9 Å². The molecule has 5 rings (SSSR count). The molecule has 0 radical (unpaired) electrons. The van der Waals surface area contributed by atoms with Gasteiger partial charge >= 0.3 is 5.97 Å². The quantitative estimate of drug-likeness (QED) is 0.390. The van der Waals surface area contributed by atoms with E-state index in [2.05, 4.69) is 10.1 Å². The number of hydrogen-bond acceptors (Lipinski definition) is 6. The predicted octanol–water partition coefficient (Wildman–Crippen LogP) is 4.40. The van der Waals surface area contributed by atoms with Gasteiger partial charge in [-0.05, 0) is 18.2 Å². The van der Waals surface area contributed by atoms with Crippen molar-refractivity contribution in [1.29, 1.82) is 0 Å². The number of aromatic nitrogens is 3. The fourth-order valence-corrected chi connectivity index (χ4v) is 3.39. The number of oxazole rings is 1. The summed E-state index contributed by atoms with van der Waals surface area (Å²) >= 11 is 0. The van der Waals surface area contributed by atoms with Crippen LogP contribution < -0.4 is 5.56 Å². The molecule has 0 fully saturated rings. The van der Waals surface area contributed by atoms with Crippen LogP contribution in [0.25, 0.3) is 27.8 Å². The zero-order valence-corrected chi connectivity index (χ0v) is 16.8. The van der Waals surface area contributed by atoms with Crippen LogP contribution in [-0.4, -0.2) is 20.7 Å². The number of nitrogens with zero attached hydrogens (tertiary/aromatic N) is 3. The van der Waals surface area contributed by atoms with E-state index in [0.717, 1.165) is 5.56 Å². The van der Waals surface area contributed by atoms with E-state index in [1.54, 1.807) is 54.7 Å². The first kappa shape index (κ1) is 19.4. The van der Waals surface area contributed by atoms with Gasteiger partial charge in [-0.1, -0.05) is 66.7 Å². The highest BCUT2D eigenvalue weighted by Crippen LogP contribution is 2.21. The average Bonchev–Trinajstić information content (AvgIpc) is 3.33. The van der Waals surface area contributed by atoms with Crippen LogP contribution in [0.5, 0.6) is 0 Å². The smallest absolute Gasteiger partial charge is 0.359 e. The second kappa shape index (κ2) is 8.31. The van der Waals surface area contributed by atoms with Gasteiger partial charge in [0.2, 0.25) is 5.89 Å². The summed E-state index contributed by atoms with van der Waals surface area (Å²) in [5.74, 6) is 0.168. The van der Waals surface area contributed by atoms with Gasteiger partial charge in [-0.2, -0.15) is 9.78 Å². The minimum atomic E-state index is -0.676. The van der Waals surface area contributed by atoms with Crippen LogP contribution in [0.1, 0.15) is 16.4 Å². The van der Waals surface area contributed by atoms with Crippen LogP contribution in [0.2, 0.25) is 0 Å². The van der Waals surface area contributed by atoms with E-state index < -0.39 is 5.97 Å². The molecule has 0 saturated carbocycles. The normalized spacial score (nSPS) is 10.9. The van der Waals surface area contributed by atoms with Crippen molar-refractivity contribution in [2.24, 2.45) is 0 Å². The van der Waals surface area contributed by atoms with Gasteiger partial charge < -0.3 is 9.15 Å². The van der Waals surface area contributed by atoms with Crippen LogP contribution in [0, 0.1) is 0 Å². The van der Waals surface area contributed by atoms with Crippen LogP contribution in [0.3, 0.4) is 0 Å². The van der Waals surface area contributed by atoms with Crippen LogP contribution in [0.15, 0.2) is 100 Å². The molecule has 3 aromatic carbocycles. The minimum Gasteiger partial charge on any atom is -0.451 e. The van der Waals surface area contributed by atoms with Crippen LogP contribution in [0.4, 0.5) is 0 Å². The highest BCUT2D eigenvalue weighted by molar-refractivity contribution is 6.02. The van der Waals surface area contributed by atoms with Crippen molar-refractivity contribution in [3.8, 4) is 17.0 Å². The van der Waals surface area contributed by atoms with E-state index >= 15 is 0 Å². The highest BCUT2D eigenvalue weighted by Gasteiger charge is 2.19. The molecule has 0 aliphatic heterocycles. The van der Waals surface area contributed by atoms with Gasteiger partial charge in [0, 0.05) is 10.9 Å². The van der Waals surface area contributed by atoms with E-state index in [0.29, 0.717) is 22.2 Å². The molecule has 0 aliphatic carbocycles. The molecule has 0 atom stereocenters. The Bertz CT molecular complexity index is 1460. The number of benzene rings is 3. The van der Waals surface area contributed by atoms with Crippen LogP contribution in [-0.2, 0) is 11.3 Å². The number of esters is 1. The predicted molar refractivity (Wildman–Crippen MR) is 118 cm³/mol. The minimum absolute atomic E-state index is 0.0406.